The summed E-state index contributed by atoms with van der Waals surface area (Å²) in [5.74, 6) is -1.35. The lowest BCUT2D eigenvalue weighted by atomic mass is 10.2. The van der Waals surface area contributed by atoms with Crippen LogP contribution in [0.25, 0.3) is 0 Å². The van der Waals surface area contributed by atoms with Crippen molar-refractivity contribution in [1.82, 2.24) is 4.98 Å². The van der Waals surface area contributed by atoms with Crippen LogP contribution in [-0.4, -0.2) is 42.4 Å². The van der Waals surface area contributed by atoms with Gasteiger partial charge in [0.15, 0.2) is 5.69 Å². The van der Waals surface area contributed by atoms with Gasteiger partial charge in [-0.1, -0.05) is 0 Å². The largest absolute Gasteiger partial charge is 0.476 e. The van der Waals surface area contributed by atoms with E-state index >= 15 is 0 Å². The summed E-state index contributed by atoms with van der Waals surface area (Å²) in [5, 5.41) is 8.99. The van der Waals surface area contributed by atoms with Gasteiger partial charge in [-0.25, -0.2) is 9.78 Å². The maximum Gasteiger partial charge on any atom is 0.417 e. The molecule has 9 heteroatoms. The number of hydrogen-bond acceptors (Lipinski definition) is 4. The molecule has 1 aromatic heterocycles. The number of halogens is 4. The number of aromatic carboxylic acids is 1. The minimum atomic E-state index is -4.55. The number of carboxylic acids is 1. The van der Waals surface area contributed by atoms with Gasteiger partial charge in [0.1, 0.15) is 0 Å². The van der Waals surface area contributed by atoms with Crippen LogP contribution in [0.2, 0.25) is 0 Å². The lowest BCUT2D eigenvalue weighted by Gasteiger charge is -2.29. The van der Waals surface area contributed by atoms with E-state index in [2.05, 4.69) is 4.98 Å². The molecule has 5 nitrogen and oxygen atoms in total. The summed E-state index contributed by atoms with van der Waals surface area (Å²) in [7, 11) is 0. The van der Waals surface area contributed by atoms with Gasteiger partial charge in [-0.3, -0.25) is 0 Å². The van der Waals surface area contributed by atoms with Crippen LogP contribution in [0.5, 0.6) is 0 Å². The summed E-state index contributed by atoms with van der Waals surface area (Å²) in [4.78, 5) is 16.0. The third-order valence-corrected chi connectivity index (χ3v) is 2.75. The van der Waals surface area contributed by atoms with Gasteiger partial charge in [0.25, 0.3) is 0 Å². The van der Waals surface area contributed by atoms with Crippen molar-refractivity contribution in [2.24, 2.45) is 0 Å². The molecule has 1 saturated heterocycles. The topological polar surface area (TPSA) is 62.7 Å². The maximum absolute atomic E-state index is 12.6. The quantitative estimate of drug-likeness (QED) is 0.905. The Kier molecular flexibility index (Phi) is 5.18. The number of carbonyl (C=O) groups is 1. The van der Waals surface area contributed by atoms with E-state index in [1.165, 1.54) is 4.90 Å². The van der Waals surface area contributed by atoms with E-state index in [9.17, 15) is 18.0 Å². The maximum atomic E-state index is 12.6. The Bertz CT molecular complexity index is 490. The number of anilines is 1. The highest BCUT2D eigenvalue weighted by Crippen LogP contribution is 2.32. The molecule has 2 heterocycles. The molecule has 2 rings (SSSR count). The number of nitrogens with zero attached hydrogens (tertiary/aromatic N) is 2. The second kappa shape index (κ2) is 6.27. The zero-order valence-corrected chi connectivity index (χ0v) is 11.0. The van der Waals surface area contributed by atoms with Crippen LogP contribution in [-0.2, 0) is 10.9 Å². The van der Waals surface area contributed by atoms with Gasteiger partial charge < -0.3 is 14.7 Å². The summed E-state index contributed by atoms with van der Waals surface area (Å²) in [6.45, 7) is 1.36. The summed E-state index contributed by atoms with van der Waals surface area (Å²) in [6.07, 6.45) is -4.02. The lowest BCUT2D eigenvalue weighted by Crippen LogP contribution is -2.37. The third kappa shape index (κ3) is 3.51. The Morgan fingerprint density at radius 3 is 2.45 bits per heavy atom. The molecule has 1 N–H and O–H groups in total. The molecule has 0 radical (unpaired) electrons. The highest BCUT2D eigenvalue weighted by molar-refractivity contribution is 5.92. The minimum Gasteiger partial charge on any atom is -0.476 e. The number of alkyl halides is 3. The molecule has 0 aliphatic carbocycles. The van der Waals surface area contributed by atoms with Crippen molar-refractivity contribution >= 4 is 24.1 Å². The fourth-order valence-corrected chi connectivity index (χ4v) is 1.82. The molecule has 112 valence electrons. The van der Waals surface area contributed by atoms with Crippen LogP contribution in [0.4, 0.5) is 18.9 Å². The number of hydrogen-bond donors (Lipinski definition) is 1. The Balaban J connectivity index is 0.00000200. The molecule has 0 atom stereocenters. The molecule has 0 bridgehead atoms. The minimum absolute atomic E-state index is 0. The van der Waals surface area contributed by atoms with E-state index in [1.807, 2.05) is 0 Å². The molecule has 1 aromatic rings. The second-order valence-electron chi connectivity index (χ2n) is 3.99. The smallest absolute Gasteiger partial charge is 0.417 e. The normalized spacial score (nSPS) is 15.7. The van der Waals surface area contributed by atoms with E-state index < -0.39 is 17.7 Å². The van der Waals surface area contributed by atoms with Crippen molar-refractivity contribution in [2.45, 2.75) is 6.18 Å². The molecule has 1 aliphatic heterocycles. The van der Waals surface area contributed by atoms with Crippen LogP contribution in [0.15, 0.2) is 12.3 Å². The molecule has 1 aliphatic rings. The molecule has 0 amide bonds. The summed E-state index contributed by atoms with van der Waals surface area (Å²) < 4.78 is 43.0. The van der Waals surface area contributed by atoms with Crippen molar-refractivity contribution in [1.29, 1.82) is 0 Å². The highest BCUT2D eigenvalue weighted by Gasteiger charge is 2.33. The second-order valence-corrected chi connectivity index (χ2v) is 3.99. The first-order chi connectivity index (χ1) is 8.89. The van der Waals surface area contributed by atoms with Crippen molar-refractivity contribution < 1.29 is 27.8 Å². The Morgan fingerprint density at radius 1 is 1.35 bits per heavy atom. The molecular weight excluding hydrogens is 301 g/mol. The Hall–Kier alpha value is -1.54. The molecule has 0 saturated carbocycles. The van der Waals surface area contributed by atoms with E-state index in [0.29, 0.717) is 32.5 Å². The van der Waals surface area contributed by atoms with Crippen molar-refractivity contribution in [3.63, 3.8) is 0 Å². The average Bonchev–Trinajstić information content (AvgIpc) is 2.38. The average molecular weight is 313 g/mol. The van der Waals surface area contributed by atoms with Crippen LogP contribution >= 0.6 is 12.4 Å². The van der Waals surface area contributed by atoms with Crippen LogP contribution < -0.4 is 4.90 Å². The Morgan fingerprint density at radius 2 is 1.95 bits per heavy atom. The van der Waals surface area contributed by atoms with Gasteiger partial charge in [-0.2, -0.15) is 13.2 Å². The highest BCUT2D eigenvalue weighted by atomic mass is 35.5. The number of morpholine rings is 1. The van der Waals surface area contributed by atoms with Crippen LogP contribution in [0.3, 0.4) is 0 Å². The monoisotopic (exact) mass is 312 g/mol. The van der Waals surface area contributed by atoms with E-state index in [0.717, 1.165) is 6.07 Å². The van der Waals surface area contributed by atoms with Crippen molar-refractivity contribution in [2.75, 3.05) is 31.2 Å². The fourth-order valence-electron chi connectivity index (χ4n) is 1.82. The third-order valence-electron chi connectivity index (χ3n) is 2.75. The summed E-state index contributed by atoms with van der Waals surface area (Å²) in [5.41, 5.74) is -1.36. The first kappa shape index (κ1) is 16.5. The van der Waals surface area contributed by atoms with E-state index in [-0.39, 0.29) is 23.8 Å². The zero-order valence-electron chi connectivity index (χ0n) is 10.2. The predicted octanol–water partition coefficient (Wildman–Crippen LogP) is 2.06. The van der Waals surface area contributed by atoms with Gasteiger partial charge in [0.2, 0.25) is 0 Å². The molecular formula is C11H12ClF3N2O3. The molecule has 1 fully saturated rings. The van der Waals surface area contributed by atoms with Gasteiger partial charge >= 0.3 is 12.1 Å². The van der Waals surface area contributed by atoms with Crippen LogP contribution in [0.1, 0.15) is 16.1 Å². The van der Waals surface area contributed by atoms with E-state index in [4.69, 9.17) is 9.84 Å². The van der Waals surface area contributed by atoms with Gasteiger partial charge in [0, 0.05) is 19.3 Å². The predicted molar refractivity (Wildman–Crippen MR) is 66.5 cm³/mol. The standard InChI is InChI=1S/C11H11F3N2O3.ClH/c12-11(13,14)7-5-8(9(10(17)18)15-6-7)16-1-3-19-4-2-16;/h5-6H,1-4H2,(H,17,18);1H. The number of ether oxygens (including phenoxy) is 1. The molecule has 0 aromatic carbocycles. The lowest BCUT2D eigenvalue weighted by molar-refractivity contribution is -0.137. The summed E-state index contributed by atoms with van der Waals surface area (Å²) >= 11 is 0. The van der Waals surface area contributed by atoms with Crippen molar-refractivity contribution in [3.05, 3.63) is 23.5 Å². The zero-order chi connectivity index (χ0) is 14.0. The number of pyridine rings is 1. The van der Waals surface area contributed by atoms with Crippen LogP contribution in [0, 0.1) is 0 Å². The van der Waals surface area contributed by atoms with Crippen molar-refractivity contribution in [3.8, 4) is 0 Å². The molecule has 0 unspecified atom stereocenters. The first-order valence-electron chi connectivity index (χ1n) is 5.53. The molecule has 0 spiro atoms. The SMILES string of the molecule is Cl.O=C(O)c1ncc(C(F)(F)F)cc1N1CCOCC1. The first-order valence-corrected chi connectivity index (χ1v) is 5.53. The van der Waals surface area contributed by atoms with Gasteiger partial charge in [-0.05, 0) is 6.07 Å². The summed E-state index contributed by atoms with van der Waals surface area (Å²) in [6, 6.07) is 0.821. The Labute approximate surface area is 118 Å². The van der Waals surface area contributed by atoms with E-state index in [1.54, 1.807) is 0 Å². The van der Waals surface area contributed by atoms with Gasteiger partial charge in [0.05, 0.1) is 24.5 Å². The number of aromatic nitrogens is 1. The fraction of sp³-hybridized carbons (Fsp3) is 0.455. The molecule has 20 heavy (non-hydrogen) atoms. The number of rotatable bonds is 2. The number of carboxylic acid groups (broad SMARTS) is 1. The van der Waals surface area contributed by atoms with Gasteiger partial charge in [-0.15, -0.1) is 12.4 Å².